The van der Waals surface area contributed by atoms with Gasteiger partial charge in [-0.15, -0.1) is 0 Å². The number of hydrogen-bond acceptors (Lipinski definition) is 4. The quantitative estimate of drug-likeness (QED) is 0.780. The summed E-state index contributed by atoms with van der Waals surface area (Å²) in [6.45, 7) is 12.4. The molecule has 160 valence electrons. The van der Waals surface area contributed by atoms with Gasteiger partial charge in [0.05, 0.1) is 0 Å². The van der Waals surface area contributed by atoms with Crippen LogP contribution >= 0.6 is 11.6 Å². The molecular formula is C24H30ClN3O2. The van der Waals surface area contributed by atoms with Crippen molar-refractivity contribution in [2.45, 2.75) is 34.1 Å². The minimum Gasteiger partial charge on any atom is -0.466 e. The number of rotatable bonds is 3. The van der Waals surface area contributed by atoms with Crippen molar-refractivity contribution in [1.82, 2.24) is 9.80 Å². The molecule has 3 aliphatic rings. The number of benzene rings is 1. The van der Waals surface area contributed by atoms with Gasteiger partial charge < -0.3 is 15.4 Å². The van der Waals surface area contributed by atoms with E-state index in [1.54, 1.807) is 24.3 Å². The molecule has 4 rings (SSSR count). The highest BCUT2D eigenvalue weighted by molar-refractivity contribution is 6.30. The number of carbonyl (C=O) groups is 1. The highest BCUT2D eigenvalue weighted by atomic mass is 35.5. The number of ether oxygens (including phenoxy) is 1. The van der Waals surface area contributed by atoms with E-state index in [1.165, 1.54) is 11.1 Å². The third-order valence-electron chi connectivity index (χ3n) is 6.75. The second kappa shape index (κ2) is 7.78. The van der Waals surface area contributed by atoms with Gasteiger partial charge in [-0.1, -0.05) is 18.5 Å². The van der Waals surface area contributed by atoms with Crippen LogP contribution in [0.2, 0.25) is 5.02 Å². The Hall–Kier alpha value is -2.24. The van der Waals surface area contributed by atoms with E-state index in [4.69, 9.17) is 22.1 Å². The molecule has 1 aromatic rings. The van der Waals surface area contributed by atoms with Crippen LogP contribution in [0.25, 0.3) is 0 Å². The number of carbonyl (C=O) groups excluding carboxylic acids is 1. The monoisotopic (exact) mass is 427 g/mol. The maximum absolute atomic E-state index is 12.8. The van der Waals surface area contributed by atoms with Gasteiger partial charge in [-0.3, -0.25) is 9.69 Å². The molecule has 0 aromatic heterocycles. The van der Waals surface area contributed by atoms with Gasteiger partial charge >= 0.3 is 0 Å². The lowest BCUT2D eigenvalue weighted by atomic mass is 9.85. The average molecular weight is 428 g/mol. The first-order chi connectivity index (χ1) is 14.2. The Bertz CT molecular complexity index is 969. The van der Waals surface area contributed by atoms with Gasteiger partial charge in [0.25, 0.3) is 5.91 Å². The maximum atomic E-state index is 12.8. The van der Waals surface area contributed by atoms with Crippen LogP contribution in [0.1, 0.15) is 44.5 Å². The third kappa shape index (κ3) is 3.65. The SMILES string of the molecule is CC1=C(C)C2=C(N)C(C)(CN3CCN(C(=O)c4ccc(Cl)cc4)CC3)CC2=C(C)O1. The standard InChI is InChI=1S/C24H30ClN3O2/c1-15-16(2)30-17(3)20-13-24(4,22(26)21(15)20)14-27-9-11-28(12-10-27)23(29)18-5-7-19(25)8-6-18/h5-8H,9-14,26H2,1-4H3. The zero-order valence-corrected chi connectivity index (χ0v) is 19.0. The van der Waals surface area contributed by atoms with E-state index >= 15 is 0 Å². The first-order valence-corrected chi connectivity index (χ1v) is 10.9. The summed E-state index contributed by atoms with van der Waals surface area (Å²) in [4.78, 5) is 17.1. The molecule has 0 spiro atoms. The molecule has 0 bridgehead atoms. The molecule has 2 heterocycles. The minimum atomic E-state index is -0.122. The van der Waals surface area contributed by atoms with Crippen molar-refractivity contribution in [3.05, 3.63) is 68.8 Å². The first kappa shape index (κ1) is 21.0. The van der Waals surface area contributed by atoms with E-state index in [0.717, 1.165) is 61.9 Å². The topological polar surface area (TPSA) is 58.8 Å². The molecule has 1 saturated heterocycles. The Morgan fingerprint density at radius 1 is 1.10 bits per heavy atom. The molecule has 1 atom stereocenters. The van der Waals surface area contributed by atoms with Crippen LogP contribution in [-0.4, -0.2) is 48.4 Å². The number of allylic oxidation sites excluding steroid dienone is 5. The Balaban J connectivity index is 1.43. The van der Waals surface area contributed by atoms with Crippen LogP contribution in [0.3, 0.4) is 0 Å². The molecule has 0 radical (unpaired) electrons. The van der Waals surface area contributed by atoms with E-state index < -0.39 is 0 Å². The van der Waals surface area contributed by atoms with Crippen LogP contribution in [0, 0.1) is 5.41 Å². The number of hydrogen-bond donors (Lipinski definition) is 1. The number of fused-ring (bicyclic) bond motifs is 1. The fraction of sp³-hybridized carbons (Fsp3) is 0.458. The largest absolute Gasteiger partial charge is 0.466 e. The van der Waals surface area contributed by atoms with Gasteiger partial charge in [0.2, 0.25) is 0 Å². The molecule has 1 unspecified atom stereocenters. The highest BCUT2D eigenvalue weighted by Crippen LogP contribution is 2.50. The van der Waals surface area contributed by atoms with Crippen LogP contribution in [0.5, 0.6) is 0 Å². The molecule has 2 N–H and O–H groups in total. The second-order valence-electron chi connectivity index (χ2n) is 8.92. The molecule has 30 heavy (non-hydrogen) atoms. The summed E-state index contributed by atoms with van der Waals surface area (Å²) in [6.07, 6.45) is 0.897. The lowest BCUT2D eigenvalue weighted by molar-refractivity contribution is 0.0593. The lowest BCUT2D eigenvalue weighted by Crippen LogP contribution is -2.51. The van der Waals surface area contributed by atoms with Gasteiger partial charge in [0.15, 0.2) is 0 Å². The van der Waals surface area contributed by atoms with Gasteiger partial charge in [-0.05, 0) is 57.0 Å². The van der Waals surface area contributed by atoms with Crippen LogP contribution in [0.4, 0.5) is 0 Å². The molecule has 1 aliphatic carbocycles. The third-order valence-corrected chi connectivity index (χ3v) is 7.00. The summed E-state index contributed by atoms with van der Waals surface area (Å²) >= 11 is 5.94. The van der Waals surface area contributed by atoms with Crippen LogP contribution < -0.4 is 5.73 Å². The predicted octanol–water partition coefficient (Wildman–Crippen LogP) is 4.32. The van der Waals surface area contributed by atoms with E-state index in [0.29, 0.717) is 10.6 Å². The summed E-state index contributed by atoms with van der Waals surface area (Å²) in [6, 6.07) is 7.11. The van der Waals surface area contributed by atoms with E-state index in [9.17, 15) is 4.79 Å². The number of nitrogens with two attached hydrogens (primary N) is 1. The fourth-order valence-electron chi connectivity index (χ4n) is 4.83. The molecule has 1 aromatic carbocycles. The van der Waals surface area contributed by atoms with Crippen molar-refractivity contribution >= 4 is 17.5 Å². The van der Waals surface area contributed by atoms with Gasteiger partial charge in [0, 0.05) is 65.6 Å². The Kier molecular flexibility index (Phi) is 5.45. The average Bonchev–Trinajstić information content (AvgIpc) is 2.98. The van der Waals surface area contributed by atoms with E-state index in [-0.39, 0.29) is 11.3 Å². The lowest BCUT2D eigenvalue weighted by Gasteiger charge is -2.39. The summed E-state index contributed by atoms with van der Waals surface area (Å²) in [7, 11) is 0. The smallest absolute Gasteiger partial charge is 0.253 e. The normalized spacial score (nSPS) is 25.0. The van der Waals surface area contributed by atoms with Gasteiger partial charge in [0.1, 0.15) is 11.5 Å². The van der Waals surface area contributed by atoms with Gasteiger partial charge in [-0.25, -0.2) is 0 Å². The van der Waals surface area contributed by atoms with Crippen molar-refractivity contribution in [2.24, 2.45) is 11.1 Å². The molecule has 1 fully saturated rings. The van der Waals surface area contributed by atoms with Crippen molar-refractivity contribution < 1.29 is 9.53 Å². The summed E-state index contributed by atoms with van der Waals surface area (Å²) in [5, 5.41) is 0.643. The van der Waals surface area contributed by atoms with Crippen molar-refractivity contribution in [1.29, 1.82) is 0 Å². The van der Waals surface area contributed by atoms with Crippen molar-refractivity contribution in [3.63, 3.8) is 0 Å². The maximum Gasteiger partial charge on any atom is 0.253 e. The number of halogens is 1. The van der Waals surface area contributed by atoms with E-state index in [1.807, 2.05) is 18.7 Å². The predicted molar refractivity (Wildman–Crippen MR) is 120 cm³/mol. The molecule has 5 nitrogen and oxygen atoms in total. The molecule has 6 heteroatoms. The fourth-order valence-corrected chi connectivity index (χ4v) is 4.96. The summed E-state index contributed by atoms with van der Waals surface area (Å²) in [5.74, 6) is 1.98. The summed E-state index contributed by atoms with van der Waals surface area (Å²) < 4.78 is 5.94. The van der Waals surface area contributed by atoms with Crippen molar-refractivity contribution in [3.8, 4) is 0 Å². The Morgan fingerprint density at radius 3 is 2.37 bits per heavy atom. The second-order valence-corrected chi connectivity index (χ2v) is 9.36. The number of piperazine rings is 1. The van der Waals surface area contributed by atoms with Gasteiger partial charge in [-0.2, -0.15) is 0 Å². The molecule has 1 amide bonds. The Morgan fingerprint density at radius 2 is 1.73 bits per heavy atom. The minimum absolute atomic E-state index is 0.0696. The zero-order chi connectivity index (χ0) is 21.6. The number of amides is 1. The molecule has 2 aliphatic heterocycles. The van der Waals surface area contributed by atoms with Crippen molar-refractivity contribution in [2.75, 3.05) is 32.7 Å². The summed E-state index contributed by atoms with van der Waals surface area (Å²) in [5.41, 5.74) is 11.8. The first-order valence-electron chi connectivity index (χ1n) is 10.5. The Labute approximate surface area is 183 Å². The van der Waals surface area contributed by atoms with Crippen LogP contribution in [0.15, 0.2) is 58.2 Å². The molecular weight excluding hydrogens is 398 g/mol. The van der Waals surface area contributed by atoms with E-state index in [2.05, 4.69) is 18.7 Å². The zero-order valence-electron chi connectivity index (χ0n) is 18.2. The highest BCUT2D eigenvalue weighted by Gasteiger charge is 2.43. The number of nitrogens with zero attached hydrogens (tertiary/aromatic N) is 2. The van der Waals surface area contributed by atoms with Crippen LogP contribution in [-0.2, 0) is 4.74 Å². The molecule has 0 saturated carbocycles.